The van der Waals surface area contributed by atoms with Crippen molar-refractivity contribution in [2.45, 2.75) is 23.8 Å². The second-order valence-corrected chi connectivity index (χ2v) is 5.21. The molecular weight excluding hydrogens is 272 g/mol. The molecule has 0 aliphatic rings. The highest BCUT2D eigenvalue weighted by atomic mass is 79.9. The van der Waals surface area contributed by atoms with E-state index >= 15 is 0 Å². The maximum absolute atomic E-state index is 4.18. The van der Waals surface area contributed by atoms with Crippen molar-refractivity contribution in [3.63, 3.8) is 0 Å². The van der Waals surface area contributed by atoms with Gasteiger partial charge >= 0.3 is 0 Å². The molecule has 78 valence electrons. The molecule has 0 amide bonds. The van der Waals surface area contributed by atoms with Crippen molar-refractivity contribution in [3.05, 3.63) is 40.0 Å². The Morgan fingerprint density at radius 2 is 1.93 bits per heavy atom. The van der Waals surface area contributed by atoms with E-state index in [1.54, 1.807) is 11.8 Å². The van der Waals surface area contributed by atoms with Crippen LogP contribution >= 0.6 is 27.7 Å². The normalized spacial score (nSPS) is 10.6. The van der Waals surface area contributed by atoms with E-state index in [0.717, 1.165) is 9.50 Å². The van der Waals surface area contributed by atoms with E-state index in [9.17, 15) is 0 Å². The second kappa shape index (κ2) is 4.41. The van der Waals surface area contributed by atoms with Crippen LogP contribution < -0.4 is 0 Å². The predicted octanol–water partition coefficient (Wildman–Crippen LogP) is 3.94. The molecule has 0 aliphatic carbocycles. The van der Waals surface area contributed by atoms with Crippen LogP contribution in [0.5, 0.6) is 0 Å². The number of aromatic amines is 1. The lowest BCUT2D eigenvalue weighted by molar-refractivity contribution is 0.998. The third-order valence-electron chi connectivity index (χ3n) is 2.17. The fourth-order valence-corrected chi connectivity index (χ4v) is 2.73. The number of nitrogens with zero attached hydrogens (tertiary/aromatic N) is 1. The van der Waals surface area contributed by atoms with Gasteiger partial charge in [0.2, 0.25) is 0 Å². The Bertz CT molecular complexity index is 459. The molecule has 2 aromatic rings. The smallest absolute Gasteiger partial charge is 0.137 e. The van der Waals surface area contributed by atoms with Crippen LogP contribution in [0.4, 0.5) is 0 Å². The van der Waals surface area contributed by atoms with Gasteiger partial charge in [0.1, 0.15) is 5.03 Å². The van der Waals surface area contributed by atoms with Crippen molar-refractivity contribution in [2.24, 2.45) is 0 Å². The first-order valence-corrected chi connectivity index (χ1v) is 6.23. The van der Waals surface area contributed by atoms with Crippen molar-refractivity contribution in [1.82, 2.24) is 10.2 Å². The minimum atomic E-state index is 0.979. The van der Waals surface area contributed by atoms with Crippen LogP contribution in [0.25, 0.3) is 0 Å². The Morgan fingerprint density at radius 1 is 1.27 bits per heavy atom. The quantitative estimate of drug-likeness (QED) is 0.904. The van der Waals surface area contributed by atoms with Gasteiger partial charge < -0.3 is 0 Å². The van der Waals surface area contributed by atoms with Crippen LogP contribution in [-0.2, 0) is 0 Å². The van der Waals surface area contributed by atoms with Gasteiger partial charge in [-0.2, -0.15) is 5.10 Å². The summed E-state index contributed by atoms with van der Waals surface area (Å²) in [4.78, 5) is 1.28. The largest absolute Gasteiger partial charge is 0.283 e. The maximum Gasteiger partial charge on any atom is 0.137 e. The molecule has 0 unspecified atom stereocenters. The van der Waals surface area contributed by atoms with Crippen LogP contribution in [0.2, 0.25) is 0 Å². The highest BCUT2D eigenvalue weighted by Crippen LogP contribution is 2.35. The van der Waals surface area contributed by atoms with E-state index in [-0.39, 0.29) is 0 Å². The number of aromatic nitrogens is 2. The number of H-pyrrole nitrogens is 1. The molecule has 0 aliphatic heterocycles. The van der Waals surface area contributed by atoms with Gasteiger partial charge in [0.05, 0.1) is 4.47 Å². The number of hydrogen-bond acceptors (Lipinski definition) is 2. The molecule has 0 bridgehead atoms. The van der Waals surface area contributed by atoms with E-state index < -0.39 is 0 Å². The Kier molecular flexibility index (Phi) is 3.17. The lowest BCUT2D eigenvalue weighted by atomic mass is 10.2. The average Bonchev–Trinajstić information content (AvgIpc) is 2.58. The molecule has 1 N–H and O–H groups in total. The van der Waals surface area contributed by atoms with E-state index in [1.807, 2.05) is 6.20 Å². The predicted molar refractivity (Wildman–Crippen MR) is 66.3 cm³/mol. The summed E-state index contributed by atoms with van der Waals surface area (Å²) >= 11 is 5.14. The summed E-state index contributed by atoms with van der Waals surface area (Å²) in [5, 5.41) is 8.00. The van der Waals surface area contributed by atoms with Gasteiger partial charge in [0, 0.05) is 11.1 Å². The third kappa shape index (κ3) is 2.26. The molecule has 15 heavy (non-hydrogen) atoms. The first kappa shape index (κ1) is 10.8. The molecule has 1 aromatic carbocycles. The monoisotopic (exact) mass is 282 g/mol. The minimum absolute atomic E-state index is 0.979. The van der Waals surface area contributed by atoms with Gasteiger partial charge in [0.25, 0.3) is 0 Å². The molecule has 1 aromatic heterocycles. The molecule has 0 fully saturated rings. The van der Waals surface area contributed by atoms with Crippen molar-refractivity contribution >= 4 is 27.7 Å². The highest BCUT2D eigenvalue weighted by molar-refractivity contribution is 9.10. The van der Waals surface area contributed by atoms with Gasteiger partial charge in [-0.05, 0) is 40.9 Å². The molecule has 2 nitrogen and oxygen atoms in total. The zero-order chi connectivity index (χ0) is 10.8. The molecule has 0 saturated heterocycles. The van der Waals surface area contributed by atoms with Gasteiger partial charge in [-0.1, -0.05) is 30.0 Å². The summed E-state index contributed by atoms with van der Waals surface area (Å²) in [6.07, 6.45) is 1.84. The Balaban J connectivity index is 2.36. The lowest BCUT2D eigenvalue weighted by Crippen LogP contribution is -1.85. The van der Waals surface area contributed by atoms with Crippen molar-refractivity contribution in [3.8, 4) is 0 Å². The van der Waals surface area contributed by atoms with E-state index in [2.05, 4.69) is 58.2 Å². The molecule has 0 saturated carbocycles. The SMILES string of the molecule is Cc1cccc(C)c1Sc1n[nH]cc1Br. The molecule has 4 heteroatoms. The number of halogens is 1. The fourth-order valence-electron chi connectivity index (χ4n) is 1.39. The first-order chi connectivity index (χ1) is 7.18. The van der Waals surface area contributed by atoms with Gasteiger partial charge in [0.15, 0.2) is 0 Å². The summed E-state index contributed by atoms with van der Waals surface area (Å²) in [5.41, 5.74) is 2.57. The van der Waals surface area contributed by atoms with Crippen LogP contribution in [0, 0.1) is 13.8 Å². The van der Waals surface area contributed by atoms with Crippen LogP contribution in [-0.4, -0.2) is 10.2 Å². The second-order valence-electron chi connectivity index (χ2n) is 3.36. The van der Waals surface area contributed by atoms with Crippen LogP contribution in [0.3, 0.4) is 0 Å². The molecule has 0 radical (unpaired) electrons. The Hall–Kier alpha value is -0.740. The average molecular weight is 283 g/mol. The molecule has 1 heterocycles. The minimum Gasteiger partial charge on any atom is -0.283 e. The number of nitrogens with one attached hydrogen (secondary N) is 1. The zero-order valence-corrected chi connectivity index (χ0v) is 10.9. The number of rotatable bonds is 2. The van der Waals surface area contributed by atoms with Crippen molar-refractivity contribution < 1.29 is 0 Å². The summed E-state index contributed by atoms with van der Waals surface area (Å²) in [6, 6.07) is 6.32. The van der Waals surface area contributed by atoms with Crippen molar-refractivity contribution in [2.75, 3.05) is 0 Å². The van der Waals surface area contributed by atoms with E-state index in [4.69, 9.17) is 0 Å². The Morgan fingerprint density at radius 3 is 2.47 bits per heavy atom. The zero-order valence-electron chi connectivity index (χ0n) is 8.54. The standard InChI is InChI=1S/C11H11BrN2S/c1-7-4-3-5-8(2)10(7)15-11-9(12)6-13-14-11/h3-6H,1-2H3,(H,13,14). The van der Waals surface area contributed by atoms with Gasteiger partial charge in [-0.25, -0.2) is 0 Å². The summed E-state index contributed by atoms with van der Waals surface area (Å²) in [6.45, 7) is 4.24. The van der Waals surface area contributed by atoms with E-state index in [0.29, 0.717) is 0 Å². The third-order valence-corrected chi connectivity index (χ3v) is 4.39. The highest BCUT2D eigenvalue weighted by Gasteiger charge is 2.08. The Labute approximate surface area is 102 Å². The lowest BCUT2D eigenvalue weighted by Gasteiger charge is -2.06. The maximum atomic E-state index is 4.18. The number of hydrogen-bond donors (Lipinski definition) is 1. The molecular formula is C11H11BrN2S. The van der Waals surface area contributed by atoms with Crippen molar-refractivity contribution in [1.29, 1.82) is 0 Å². The number of aryl methyl sites for hydroxylation is 2. The fraction of sp³-hybridized carbons (Fsp3) is 0.182. The molecule has 0 spiro atoms. The summed E-state index contributed by atoms with van der Waals surface area (Å²) in [5.74, 6) is 0. The van der Waals surface area contributed by atoms with Gasteiger partial charge in [-0.15, -0.1) is 0 Å². The summed E-state index contributed by atoms with van der Waals surface area (Å²) in [7, 11) is 0. The summed E-state index contributed by atoms with van der Waals surface area (Å²) < 4.78 is 1.01. The molecule has 0 atom stereocenters. The first-order valence-electron chi connectivity index (χ1n) is 4.62. The van der Waals surface area contributed by atoms with Crippen LogP contribution in [0.1, 0.15) is 11.1 Å². The molecule has 2 rings (SSSR count). The van der Waals surface area contributed by atoms with Crippen LogP contribution in [0.15, 0.2) is 38.8 Å². The van der Waals surface area contributed by atoms with E-state index in [1.165, 1.54) is 16.0 Å². The number of benzene rings is 1. The topological polar surface area (TPSA) is 28.7 Å². The van der Waals surface area contributed by atoms with Gasteiger partial charge in [-0.3, -0.25) is 5.10 Å².